The first-order valence-corrected chi connectivity index (χ1v) is 10.3. The zero-order valence-electron chi connectivity index (χ0n) is 17.6. The Hall–Kier alpha value is -1.79. The fraction of sp³-hybridized carbons (Fsp3) is 0.667. The van der Waals surface area contributed by atoms with E-state index in [0.29, 0.717) is 6.04 Å². The minimum atomic E-state index is 0.493. The molecule has 0 aliphatic carbocycles. The Balaban J connectivity index is 1.78. The van der Waals surface area contributed by atoms with Gasteiger partial charge in [-0.05, 0) is 46.5 Å². The summed E-state index contributed by atoms with van der Waals surface area (Å²) < 4.78 is 0. The molecule has 1 aliphatic rings. The van der Waals surface area contributed by atoms with Gasteiger partial charge in [0.1, 0.15) is 0 Å². The van der Waals surface area contributed by atoms with Crippen molar-refractivity contribution >= 4 is 11.6 Å². The number of anilines is 1. The van der Waals surface area contributed by atoms with E-state index in [-0.39, 0.29) is 0 Å². The summed E-state index contributed by atoms with van der Waals surface area (Å²) in [6.45, 7) is 12.4. The number of guanidine groups is 1. The maximum atomic E-state index is 4.83. The number of piperazine rings is 1. The van der Waals surface area contributed by atoms with Crippen molar-refractivity contribution in [2.75, 3.05) is 71.4 Å². The monoisotopic (exact) mass is 374 g/mol. The molecule has 0 spiro atoms. The van der Waals surface area contributed by atoms with Gasteiger partial charge in [0.05, 0.1) is 6.54 Å². The zero-order valence-corrected chi connectivity index (χ0v) is 17.6. The van der Waals surface area contributed by atoms with Crippen molar-refractivity contribution in [2.24, 2.45) is 4.99 Å². The summed E-state index contributed by atoms with van der Waals surface area (Å²) in [5.74, 6) is 0.932. The summed E-state index contributed by atoms with van der Waals surface area (Å²) in [4.78, 5) is 12.1. The topological polar surface area (TPSA) is 46.1 Å². The normalized spacial score (nSPS) is 19.1. The van der Waals surface area contributed by atoms with E-state index in [0.717, 1.165) is 64.7 Å². The molecule has 1 atom stereocenters. The molecule has 1 aromatic carbocycles. The minimum Gasteiger partial charge on any atom is -0.372 e. The third kappa shape index (κ3) is 7.39. The van der Waals surface area contributed by atoms with Gasteiger partial charge in [0.15, 0.2) is 5.96 Å². The van der Waals surface area contributed by atoms with Crippen LogP contribution in [-0.2, 0) is 0 Å². The van der Waals surface area contributed by atoms with Crippen LogP contribution in [0.1, 0.15) is 20.3 Å². The lowest BCUT2D eigenvalue weighted by atomic mass is 10.2. The maximum Gasteiger partial charge on any atom is 0.191 e. The summed E-state index contributed by atoms with van der Waals surface area (Å²) in [6, 6.07) is 11.1. The average molecular weight is 375 g/mol. The van der Waals surface area contributed by atoms with E-state index in [1.807, 2.05) is 0 Å². The molecule has 0 amide bonds. The van der Waals surface area contributed by atoms with Crippen molar-refractivity contribution in [3.05, 3.63) is 30.3 Å². The number of benzene rings is 1. The Labute approximate surface area is 165 Å². The molecule has 0 bridgehead atoms. The lowest BCUT2D eigenvalue weighted by molar-refractivity contribution is 0.119. The van der Waals surface area contributed by atoms with Crippen LogP contribution in [-0.4, -0.2) is 88.3 Å². The lowest BCUT2D eigenvalue weighted by Crippen LogP contribution is -2.51. The van der Waals surface area contributed by atoms with Crippen LogP contribution in [0.15, 0.2) is 35.3 Å². The van der Waals surface area contributed by atoms with E-state index in [9.17, 15) is 0 Å². The van der Waals surface area contributed by atoms with E-state index in [2.05, 4.69) is 83.6 Å². The van der Waals surface area contributed by atoms with E-state index in [1.54, 1.807) is 0 Å². The van der Waals surface area contributed by atoms with Gasteiger partial charge in [-0.15, -0.1) is 0 Å². The molecule has 1 unspecified atom stereocenters. The molecule has 6 nitrogen and oxygen atoms in total. The van der Waals surface area contributed by atoms with Gasteiger partial charge in [0, 0.05) is 57.5 Å². The quantitative estimate of drug-likeness (QED) is 0.391. The molecule has 1 aromatic rings. The molecular formula is C21H38N6. The van der Waals surface area contributed by atoms with Crippen LogP contribution in [0.3, 0.4) is 0 Å². The number of nitrogens with zero attached hydrogens (tertiary/aromatic N) is 4. The molecule has 0 saturated carbocycles. The molecular weight excluding hydrogens is 336 g/mol. The van der Waals surface area contributed by atoms with Gasteiger partial charge >= 0.3 is 0 Å². The number of hydrogen-bond acceptors (Lipinski definition) is 4. The first kappa shape index (κ1) is 21.5. The highest BCUT2D eigenvalue weighted by atomic mass is 15.3. The fourth-order valence-electron chi connectivity index (χ4n) is 3.42. The van der Waals surface area contributed by atoms with E-state index >= 15 is 0 Å². The Kier molecular flexibility index (Phi) is 9.42. The standard InChI is InChI=1S/C21H38N6/c1-5-22-21(24-17-20-18-25(3)15-16-26(20)4)23-13-10-14-27(6-2)19-11-8-7-9-12-19/h7-9,11-12,20H,5-6,10,13-18H2,1-4H3,(H2,22,23,24). The van der Waals surface area contributed by atoms with E-state index < -0.39 is 0 Å². The van der Waals surface area contributed by atoms with Gasteiger partial charge in [-0.25, -0.2) is 0 Å². The summed E-state index contributed by atoms with van der Waals surface area (Å²) in [5, 5.41) is 6.87. The van der Waals surface area contributed by atoms with Gasteiger partial charge in [-0.2, -0.15) is 0 Å². The van der Waals surface area contributed by atoms with Crippen LogP contribution in [0.5, 0.6) is 0 Å². The zero-order chi connectivity index (χ0) is 19.5. The highest BCUT2D eigenvalue weighted by molar-refractivity contribution is 5.79. The first-order chi connectivity index (χ1) is 13.1. The second-order valence-corrected chi connectivity index (χ2v) is 7.31. The number of nitrogens with one attached hydrogen (secondary N) is 2. The minimum absolute atomic E-state index is 0.493. The predicted molar refractivity (Wildman–Crippen MR) is 117 cm³/mol. The van der Waals surface area contributed by atoms with Crippen molar-refractivity contribution in [3.8, 4) is 0 Å². The molecule has 1 heterocycles. The molecule has 2 rings (SSSR count). The highest BCUT2D eigenvalue weighted by Gasteiger charge is 2.21. The Morgan fingerprint density at radius 2 is 1.93 bits per heavy atom. The van der Waals surface area contributed by atoms with Crippen molar-refractivity contribution in [2.45, 2.75) is 26.3 Å². The number of aliphatic imine (C=N–C) groups is 1. The van der Waals surface area contributed by atoms with Gasteiger partial charge in [-0.1, -0.05) is 18.2 Å². The molecule has 6 heteroatoms. The largest absolute Gasteiger partial charge is 0.372 e. The molecule has 0 aromatic heterocycles. The van der Waals surface area contributed by atoms with Crippen molar-refractivity contribution < 1.29 is 0 Å². The summed E-state index contributed by atoms with van der Waals surface area (Å²) in [5.41, 5.74) is 1.30. The molecule has 1 aliphatic heterocycles. The van der Waals surface area contributed by atoms with Crippen LogP contribution in [0.4, 0.5) is 5.69 Å². The lowest BCUT2D eigenvalue weighted by Gasteiger charge is -2.36. The van der Waals surface area contributed by atoms with Gasteiger partial charge in [0.2, 0.25) is 0 Å². The van der Waals surface area contributed by atoms with Crippen molar-refractivity contribution in [3.63, 3.8) is 0 Å². The van der Waals surface area contributed by atoms with Crippen LogP contribution >= 0.6 is 0 Å². The fourth-order valence-corrected chi connectivity index (χ4v) is 3.42. The Morgan fingerprint density at radius 1 is 1.15 bits per heavy atom. The molecule has 27 heavy (non-hydrogen) atoms. The Morgan fingerprint density at radius 3 is 2.63 bits per heavy atom. The predicted octanol–water partition coefficient (Wildman–Crippen LogP) is 1.70. The van der Waals surface area contributed by atoms with Crippen LogP contribution < -0.4 is 15.5 Å². The molecule has 2 N–H and O–H groups in total. The molecule has 1 fully saturated rings. The number of rotatable bonds is 9. The summed E-state index contributed by atoms with van der Waals surface area (Å²) >= 11 is 0. The SMILES string of the molecule is CCNC(=NCC1CN(C)CCN1C)NCCCN(CC)c1ccccc1. The average Bonchev–Trinajstić information content (AvgIpc) is 2.69. The third-order valence-electron chi connectivity index (χ3n) is 5.18. The molecule has 1 saturated heterocycles. The Bertz CT molecular complexity index is 547. The third-order valence-corrected chi connectivity index (χ3v) is 5.18. The van der Waals surface area contributed by atoms with E-state index in [4.69, 9.17) is 4.99 Å². The van der Waals surface area contributed by atoms with E-state index in [1.165, 1.54) is 5.69 Å². The van der Waals surface area contributed by atoms with Crippen LogP contribution in [0.25, 0.3) is 0 Å². The molecule has 152 valence electrons. The first-order valence-electron chi connectivity index (χ1n) is 10.3. The van der Waals surface area contributed by atoms with Crippen molar-refractivity contribution in [1.29, 1.82) is 0 Å². The van der Waals surface area contributed by atoms with Gasteiger partial charge < -0.3 is 20.4 Å². The van der Waals surface area contributed by atoms with Gasteiger partial charge in [0.25, 0.3) is 0 Å². The van der Waals surface area contributed by atoms with Crippen LogP contribution in [0.2, 0.25) is 0 Å². The second kappa shape index (κ2) is 11.8. The number of hydrogen-bond donors (Lipinski definition) is 2. The van der Waals surface area contributed by atoms with Gasteiger partial charge in [-0.3, -0.25) is 9.89 Å². The summed E-state index contributed by atoms with van der Waals surface area (Å²) in [6.07, 6.45) is 1.08. The number of para-hydroxylation sites is 1. The van der Waals surface area contributed by atoms with Crippen molar-refractivity contribution in [1.82, 2.24) is 20.4 Å². The number of likely N-dealkylation sites (N-methyl/N-ethyl adjacent to an activating group) is 2. The van der Waals surface area contributed by atoms with Crippen LogP contribution in [0, 0.1) is 0 Å². The molecule has 0 radical (unpaired) electrons. The maximum absolute atomic E-state index is 4.83. The summed E-state index contributed by atoms with van der Waals surface area (Å²) in [7, 11) is 4.40. The second-order valence-electron chi connectivity index (χ2n) is 7.31. The highest BCUT2D eigenvalue weighted by Crippen LogP contribution is 2.12. The smallest absolute Gasteiger partial charge is 0.191 e.